The van der Waals surface area contributed by atoms with Crippen molar-refractivity contribution in [2.45, 2.75) is 13.5 Å². The maximum absolute atomic E-state index is 11.5. The van der Waals surface area contributed by atoms with Gasteiger partial charge in [-0.25, -0.2) is 4.98 Å². The molecule has 5 nitrogen and oxygen atoms in total. The fourth-order valence-corrected chi connectivity index (χ4v) is 4.77. The lowest BCUT2D eigenvalue weighted by atomic mass is 10.1. The van der Waals surface area contributed by atoms with E-state index in [1.54, 1.807) is 18.3 Å². The van der Waals surface area contributed by atoms with Crippen LogP contribution in [0.15, 0.2) is 60.3 Å². The van der Waals surface area contributed by atoms with Crippen molar-refractivity contribution in [1.29, 1.82) is 0 Å². The van der Waals surface area contributed by atoms with Crippen LogP contribution in [0.4, 0.5) is 0 Å². The minimum absolute atomic E-state index is 0.172. The predicted molar refractivity (Wildman–Crippen MR) is 110 cm³/mol. The molecule has 1 saturated heterocycles. The molecule has 1 unspecified atom stereocenters. The van der Waals surface area contributed by atoms with Crippen LogP contribution in [0.1, 0.15) is 12.5 Å². The van der Waals surface area contributed by atoms with Gasteiger partial charge in [0.05, 0.1) is 10.2 Å². The standard InChI is InChI=1S/C22H21N3O2S/c1-15(26)25-13-17-11-24(12-18(17)14-25)10-16-6-8-19(9-7-16)27-22-23-20-4-2-3-5-21(20)28-22/h2-9,11,18H,10,12-14H2,1H3. The van der Waals surface area contributed by atoms with Crippen LogP contribution in [0, 0.1) is 5.92 Å². The summed E-state index contributed by atoms with van der Waals surface area (Å²) in [6, 6.07) is 16.3. The lowest BCUT2D eigenvalue weighted by Crippen LogP contribution is -2.29. The monoisotopic (exact) mass is 391 g/mol. The van der Waals surface area contributed by atoms with Gasteiger partial charge in [-0.05, 0) is 35.4 Å². The van der Waals surface area contributed by atoms with E-state index in [2.05, 4.69) is 34.3 Å². The molecule has 0 N–H and O–H groups in total. The summed E-state index contributed by atoms with van der Waals surface area (Å²) in [4.78, 5) is 20.3. The third kappa shape index (κ3) is 3.36. The Morgan fingerprint density at radius 1 is 1.18 bits per heavy atom. The first kappa shape index (κ1) is 17.3. The molecule has 0 bridgehead atoms. The molecule has 1 aromatic heterocycles. The first-order chi connectivity index (χ1) is 13.6. The Bertz CT molecular complexity index is 1020. The lowest BCUT2D eigenvalue weighted by Gasteiger charge is -2.20. The number of amides is 1. The van der Waals surface area contributed by atoms with Crippen LogP contribution in [-0.2, 0) is 11.3 Å². The summed E-state index contributed by atoms with van der Waals surface area (Å²) in [6.45, 7) is 5.15. The van der Waals surface area contributed by atoms with E-state index in [1.807, 2.05) is 35.2 Å². The Morgan fingerprint density at radius 2 is 2.00 bits per heavy atom. The van der Waals surface area contributed by atoms with Crippen LogP contribution in [-0.4, -0.2) is 40.3 Å². The van der Waals surface area contributed by atoms with Crippen LogP contribution >= 0.6 is 11.3 Å². The number of carbonyl (C=O) groups is 1. The topological polar surface area (TPSA) is 45.7 Å². The van der Waals surface area contributed by atoms with Crippen molar-refractivity contribution >= 4 is 27.5 Å². The van der Waals surface area contributed by atoms with E-state index in [1.165, 1.54) is 11.1 Å². The van der Waals surface area contributed by atoms with Crippen molar-refractivity contribution in [3.8, 4) is 10.9 Å². The summed E-state index contributed by atoms with van der Waals surface area (Å²) in [5.74, 6) is 1.47. The molecule has 2 aliphatic rings. The normalized spacial score (nSPS) is 18.5. The fraction of sp³-hybridized carbons (Fsp3) is 0.273. The van der Waals surface area contributed by atoms with E-state index in [9.17, 15) is 4.79 Å². The number of fused-ring (bicyclic) bond motifs is 2. The SMILES string of the molecule is CC(=O)N1CC2=CN(Cc3ccc(Oc4nc5ccccc5s4)cc3)CC2C1. The zero-order chi connectivity index (χ0) is 19.1. The molecule has 6 heteroatoms. The van der Waals surface area contributed by atoms with Crippen LogP contribution in [0.5, 0.6) is 10.9 Å². The van der Waals surface area contributed by atoms with E-state index in [4.69, 9.17) is 4.74 Å². The summed E-state index contributed by atoms with van der Waals surface area (Å²) in [7, 11) is 0. The number of likely N-dealkylation sites (tertiary alicyclic amines) is 1. The Balaban J connectivity index is 1.22. The molecule has 1 fully saturated rings. The van der Waals surface area contributed by atoms with Crippen molar-refractivity contribution in [3.63, 3.8) is 0 Å². The number of carbonyl (C=O) groups excluding carboxylic acids is 1. The minimum Gasteiger partial charge on any atom is -0.431 e. The maximum Gasteiger partial charge on any atom is 0.279 e. The van der Waals surface area contributed by atoms with Gasteiger partial charge in [0, 0.05) is 45.2 Å². The number of hydrogen-bond donors (Lipinski definition) is 0. The van der Waals surface area contributed by atoms with Gasteiger partial charge in [-0.3, -0.25) is 4.79 Å². The summed E-state index contributed by atoms with van der Waals surface area (Å²) in [5.41, 5.74) is 3.60. The number of para-hydroxylation sites is 1. The van der Waals surface area contributed by atoms with Crippen LogP contribution < -0.4 is 4.74 Å². The number of thiazole rings is 1. The van der Waals surface area contributed by atoms with Crippen molar-refractivity contribution in [2.75, 3.05) is 19.6 Å². The van der Waals surface area contributed by atoms with Gasteiger partial charge in [0.15, 0.2) is 0 Å². The summed E-state index contributed by atoms with van der Waals surface area (Å²) in [5, 5.41) is 0.668. The molecule has 0 spiro atoms. The van der Waals surface area contributed by atoms with Crippen LogP contribution in [0.2, 0.25) is 0 Å². The average Bonchev–Trinajstić information content (AvgIpc) is 3.35. The molecule has 2 aliphatic heterocycles. The second kappa shape index (κ2) is 6.95. The molecule has 2 aromatic carbocycles. The number of rotatable bonds is 4. The molecule has 5 rings (SSSR count). The first-order valence-corrected chi connectivity index (χ1v) is 10.3. The number of hydrogen-bond acceptors (Lipinski definition) is 5. The summed E-state index contributed by atoms with van der Waals surface area (Å²) < 4.78 is 7.06. The van der Waals surface area contributed by atoms with Gasteiger partial charge >= 0.3 is 0 Å². The Morgan fingerprint density at radius 3 is 2.75 bits per heavy atom. The van der Waals surface area contributed by atoms with Crippen molar-refractivity contribution in [2.24, 2.45) is 5.92 Å². The Kier molecular flexibility index (Phi) is 4.28. The molecule has 0 aliphatic carbocycles. The lowest BCUT2D eigenvalue weighted by molar-refractivity contribution is -0.127. The smallest absolute Gasteiger partial charge is 0.279 e. The zero-order valence-corrected chi connectivity index (χ0v) is 16.5. The van der Waals surface area contributed by atoms with E-state index in [-0.39, 0.29) is 5.91 Å². The summed E-state index contributed by atoms with van der Waals surface area (Å²) >= 11 is 1.56. The van der Waals surface area contributed by atoms with Gasteiger partial charge in [0.1, 0.15) is 5.75 Å². The van der Waals surface area contributed by atoms with E-state index >= 15 is 0 Å². The Hall–Kier alpha value is -2.86. The highest BCUT2D eigenvalue weighted by Crippen LogP contribution is 2.32. The van der Waals surface area contributed by atoms with E-state index < -0.39 is 0 Å². The molecule has 3 heterocycles. The third-order valence-corrected chi connectivity index (χ3v) is 6.29. The highest BCUT2D eigenvalue weighted by atomic mass is 32.1. The number of nitrogens with zero attached hydrogens (tertiary/aromatic N) is 3. The Labute approximate surface area is 167 Å². The van der Waals surface area contributed by atoms with Crippen molar-refractivity contribution < 1.29 is 9.53 Å². The van der Waals surface area contributed by atoms with Crippen molar-refractivity contribution in [3.05, 3.63) is 65.9 Å². The molecule has 0 saturated carbocycles. The molecule has 1 atom stereocenters. The minimum atomic E-state index is 0.172. The van der Waals surface area contributed by atoms with Gasteiger partial charge in [-0.1, -0.05) is 35.6 Å². The molecular weight excluding hydrogens is 370 g/mol. The van der Waals surface area contributed by atoms with Crippen molar-refractivity contribution in [1.82, 2.24) is 14.8 Å². The quantitative estimate of drug-likeness (QED) is 0.666. The number of ether oxygens (including phenoxy) is 1. The molecule has 1 amide bonds. The molecule has 0 radical (unpaired) electrons. The number of aromatic nitrogens is 1. The first-order valence-electron chi connectivity index (χ1n) is 9.46. The maximum atomic E-state index is 11.5. The van der Waals surface area contributed by atoms with E-state index in [0.29, 0.717) is 11.1 Å². The van der Waals surface area contributed by atoms with E-state index in [0.717, 1.165) is 42.1 Å². The van der Waals surface area contributed by atoms with Gasteiger partial charge in [-0.15, -0.1) is 0 Å². The summed E-state index contributed by atoms with van der Waals surface area (Å²) in [6.07, 6.45) is 2.24. The second-order valence-electron chi connectivity index (χ2n) is 7.42. The highest BCUT2D eigenvalue weighted by Gasteiger charge is 2.34. The van der Waals surface area contributed by atoms with Crippen LogP contribution in [0.25, 0.3) is 10.2 Å². The van der Waals surface area contributed by atoms with Crippen LogP contribution in [0.3, 0.4) is 0 Å². The third-order valence-electron chi connectivity index (χ3n) is 5.38. The van der Waals surface area contributed by atoms with Gasteiger partial charge in [0.25, 0.3) is 5.19 Å². The van der Waals surface area contributed by atoms with Gasteiger partial charge in [-0.2, -0.15) is 0 Å². The predicted octanol–water partition coefficient (Wildman–Crippen LogP) is 4.27. The second-order valence-corrected chi connectivity index (χ2v) is 8.42. The van der Waals surface area contributed by atoms with Gasteiger partial charge < -0.3 is 14.5 Å². The van der Waals surface area contributed by atoms with Gasteiger partial charge in [0.2, 0.25) is 5.91 Å². The zero-order valence-electron chi connectivity index (χ0n) is 15.7. The molecule has 28 heavy (non-hydrogen) atoms. The molecule has 3 aromatic rings. The fourth-order valence-electron chi connectivity index (χ4n) is 3.93. The largest absolute Gasteiger partial charge is 0.431 e. The molecule has 142 valence electrons. The highest BCUT2D eigenvalue weighted by molar-refractivity contribution is 7.20. The number of benzene rings is 2. The molecular formula is C22H21N3O2S. The average molecular weight is 391 g/mol.